The van der Waals surface area contributed by atoms with E-state index in [1.54, 1.807) is 0 Å². The van der Waals surface area contributed by atoms with Gasteiger partial charge in [0.2, 0.25) is 0 Å². The van der Waals surface area contributed by atoms with E-state index >= 15 is 0 Å². The van der Waals surface area contributed by atoms with Crippen LogP contribution in [0.15, 0.2) is 51.3 Å². The number of carbonyl (C=O) groups is 1. The molecule has 1 aromatic carbocycles. The predicted molar refractivity (Wildman–Crippen MR) is 92.0 cm³/mol. The second-order valence-corrected chi connectivity index (χ2v) is 6.64. The van der Waals surface area contributed by atoms with E-state index in [-0.39, 0.29) is 6.61 Å². The Morgan fingerprint density at radius 1 is 1.27 bits per heavy atom. The van der Waals surface area contributed by atoms with Gasteiger partial charge in [-0.25, -0.2) is 4.79 Å². The van der Waals surface area contributed by atoms with Gasteiger partial charge in [0.1, 0.15) is 13.2 Å². The predicted octanol–water partition coefficient (Wildman–Crippen LogP) is 4.72. The van der Waals surface area contributed by atoms with E-state index in [0.717, 1.165) is 34.1 Å². The second kappa shape index (κ2) is 7.28. The first-order chi connectivity index (χ1) is 10.8. The highest BCUT2D eigenvalue weighted by Gasteiger charge is 2.32. The normalized spacial score (nSPS) is 18.4. The van der Waals surface area contributed by atoms with Crippen molar-refractivity contribution in [2.24, 2.45) is 0 Å². The first-order valence-electron chi connectivity index (χ1n) is 7.47. The molecule has 2 aliphatic rings. The van der Waals surface area contributed by atoms with Crippen LogP contribution in [0.2, 0.25) is 0 Å². The summed E-state index contributed by atoms with van der Waals surface area (Å²) >= 11 is 2.25. The summed E-state index contributed by atoms with van der Waals surface area (Å²) in [7, 11) is 0. The van der Waals surface area contributed by atoms with Crippen LogP contribution in [0.3, 0.4) is 0 Å². The molecule has 0 atom stereocenters. The van der Waals surface area contributed by atoms with Crippen molar-refractivity contribution in [3.63, 3.8) is 0 Å². The van der Waals surface area contributed by atoms with Crippen LogP contribution in [0.25, 0.3) is 0 Å². The molecule has 4 nitrogen and oxygen atoms in total. The highest BCUT2D eigenvalue weighted by molar-refractivity contribution is 14.1. The lowest BCUT2D eigenvalue weighted by molar-refractivity contribution is -0.0836. The number of hydrogen-bond donors (Lipinski definition) is 0. The van der Waals surface area contributed by atoms with E-state index in [9.17, 15) is 4.79 Å². The van der Waals surface area contributed by atoms with Crippen molar-refractivity contribution < 1.29 is 14.4 Å². The molecule has 0 aromatic heterocycles. The van der Waals surface area contributed by atoms with Gasteiger partial charge < -0.3 is 4.74 Å². The minimum absolute atomic E-state index is 0.252. The molecule has 1 aliphatic carbocycles. The quantitative estimate of drug-likeness (QED) is 0.676. The molecular formula is C17H18INO3. The van der Waals surface area contributed by atoms with Crippen LogP contribution in [-0.2, 0) is 16.2 Å². The molecule has 0 saturated carbocycles. The Labute approximate surface area is 143 Å². The molecule has 0 bridgehead atoms. The number of hydrogen-bond acceptors (Lipinski definition) is 3. The molecule has 0 N–H and O–H groups in total. The Kier molecular flexibility index (Phi) is 5.15. The van der Waals surface area contributed by atoms with Gasteiger partial charge in [0, 0.05) is 3.58 Å². The zero-order chi connectivity index (χ0) is 15.4. The maximum Gasteiger partial charge on any atom is 0.439 e. The molecule has 0 saturated heterocycles. The van der Waals surface area contributed by atoms with E-state index in [1.807, 2.05) is 30.3 Å². The molecule has 0 spiro atoms. The average Bonchev–Trinajstić information content (AvgIpc) is 2.96. The number of rotatable bonds is 3. The molecule has 1 aromatic rings. The molecule has 116 valence electrons. The van der Waals surface area contributed by atoms with Crippen LogP contribution in [0.4, 0.5) is 4.79 Å². The molecule has 1 heterocycles. The maximum atomic E-state index is 12.3. The lowest BCUT2D eigenvalue weighted by Crippen LogP contribution is -2.28. The number of ether oxygens (including phenoxy) is 1. The zero-order valence-electron chi connectivity index (χ0n) is 12.3. The monoisotopic (exact) mass is 411 g/mol. The molecule has 0 fully saturated rings. The molecule has 0 radical (unpaired) electrons. The summed E-state index contributed by atoms with van der Waals surface area (Å²) in [6.07, 6.45) is 6.20. The number of amides is 1. The first kappa shape index (κ1) is 15.6. The second-order valence-electron chi connectivity index (χ2n) is 5.34. The highest BCUT2D eigenvalue weighted by Crippen LogP contribution is 2.35. The van der Waals surface area contributed by atoms with Gasteiger partial charge in [-0.3, -0.25) is 4.84 Å². The average molecular weight is 411 g/mol. The van der Waals surface area contributed by atoms with Crippen LogP contribution < -0.4 is 0 Å². The van der Waals surface area contributed by atoms with Gasteiger partial charge in [-0.1, -0.05) is 36.4 Å². The summed E-state index contributed by atoms with van der Waals surface area (Å²) in [6, 6.07) is 9.66. The van der Waals surface area contributed by atoms with Crippen LogP contribution >= 0.6 is 22.6 Å². The van der Waals surface area contributed by atoms with Crippen molar-refractivity contribution in [1.82, 2.24) is 5.06 Å². The third-order valence-corrected chi connectivity index (χ3v) is 4.57. The van der Waals surface area contributed by atoms with Crippen molar-refractivity contribution in [2.45, 2.75) is 32.3 Å². The van der Waals surface area contributed by atoms with Gasteiger partial charge in [-0.2, -0.15) is 5.06 Å². The maximum absolute atomic E-state index is 12.3. The van der Waals surface area contributed by atoms with Crippen molar-refractivity contribution in [1.29, 1.82) is 0 Å². The van der Waals surface area contributed by atoms with Gasteiger partial charge in [-0.15, -0.1) is 0 Å². The molecule has 0 unspecified atom stereocenters. The molecule has 1 aliphatic heterocycles. The highest BCUT2D eigenvalue weighted by atomic mass is 127. The lowest BCUT2D eigenvalue weighted by atomic mass is 9.97. The summed E-state index contributed by atoms with van der Waals surface area (Å²) in [5.41, 5.74) is 3.05. The van der Waals surface area contributed by atoms with E-state index in [2.05, 4.69) is 28.7 Å². The molecule has 1 amide bonds. The van der Waals surface area contributed by atoms with Crippen LogP contribution in [0.5, 0.6) is 0 Å². The molecule has 22 heavy (non-hydrogen) atoms. The van der Waals surface area contributed by atoms with Gasteiger partial charge in [0.15, 0.2) is 0 Å². The Morgan fingerprint density at radius 2 is 2.09 bits per heavy atom. The van der Waals surface area contributed by atoms with Crippen molar-refractivity contribution in [2.75, 3.05) is 6.61 Å². The molecule has 5 heteroatoms. The SMILES string of the molecule is O=C(OCc1ccccc1)N1OCC(I)=C1C1=CCCCC1. The lowest BCUT2D eigenvalue weighted by Gasteiger charge is -2.22. The van der Waals surface area contributed by atoms with Crippen molar-refractivity contribution in [3.8, 4) is 0 Å². The van der Waals surface area contributed by atoms with Gasteiger partial charge in [0.05, 0.1) is 5.70 Å². The standard InChI is InChI=1S/C17H18INO3/c18-15-12-22-19(16(15)14-9-5-2-6-10-14)17(20)21-11-13-7-3-1-4-8-13/h1,3-4,7-9H,2,5-6,10-12H2. The first-order valence-corrected chi connectivity index (χ1v) is 8.55. The summed E-state index contributed by atoms with van der Waals surface area (Å²) in [4.78, 5) is 17.8. The van der Waals surface area contributed by atoms with E-state index < -0.39 is 6.09 Å². The zero-order valence-corrected chi connectivity index (χ0v) is 14.4. The molecule has 3 rings (SSSR count). The number of hydroxylamine groups is 2. The number of halogens is 1. The fourth-order valence-corrected chi connectivity index (χ4v) is 3.35. The number of allylic oxidation sites excluding steroid dienone is 2. The summed E-state index contributed by atoms with van der Waals surface area (Å²) < 4.78 is 6.44. The summed E-state index contributed by atoms with van der Waals surface area (Å²) in [5, 5.41) is 1.32. The van der Waals surface area contributed by atoms with Gasteiger partial charge in [0.25, 0.3) is 0 Å². The Morgan fingerprint density at radius 3 is 2.82 bits per heavy atom. The Balaban J connectivity index is 1.68. The third kappa shape index (κ3) is 3.52. The van der Waals surface area contributed by atoms with E-state index in [1.165, 1.54) is 17.1 Å². The Bertz CT molecular complexity index is 610. The smallest absolute Gasteiger partial charge is 0.439 e. The third-order valence-electron chi connectivity index (χ3n) is 3.75. The number of nitrogens with zero attached hydrogens (tertiary/aromatic N) is 1. The number of benzene rings is 1. The largest absolute Gasteiger partial charge is 0.443 e. The van der Waals surface area contributed by atoms with Crippen LogP contribution in [0.1, 0.15) is 31.2 Å². The van der Waals surface area contributed by atoms with Gasteiger partial charge in [-0.05, 0) is 59.4 Å². The van der Waals surface area contributed by atoms with Crippen LogP contribution in [0, 0.1) is 0 Å². The minimum atomic E-state index is -0.447. The van der Waals surface area contributed by atoms with Crippen molar-refractivity contribution >= 4 is 28.7 Å². The minimum Gasteiger partial charge on any atom is -0.443 e. The topological polar surface area (TPSA) is 38.8 Å². The summed E-state index contributed by atoms with van der Waals surface area (Å²) in [5.74, 6) is 0. The molecular weight excluding hydrogens is 393 g/mol. The van der Waals surface area contributed by atoms with Crippen molar-refractivity contribution in [3.05, 3.63) is 56.8 Å². The summed E-state index contributed by atoms with van der Waals surface area (Å²) in [6.45, 7) is 0.691. The fourth-order valence-electron chi connectivity index (χ4n) is 2.64. The number of carbonyl (C=O) groups excluding carboxylic acids is 1. The van der Waals surface area contributed by atoms with E-state index in [4.69, 9.17) is 9.57 Å². The Hall–Kier alpha value is -1.34. The fraction of sp³-hybridized carbons (Fsp3) is 0.353. The van der Waals surface area contributed by atoms with Crippen LogP contribution in [-0.4, -0.2) is 17.8 Å². The van der Waals surface area contributed by atoms with E-state index in [0.29, 0.717) is 6.61 Å². The van der Waals surface area contributed by atoms with Gasteiger partial charge >= 0.3 is 6.09 Å².